The van der Waals surface area contributed by atoms with Gasteiger partial charge in [0.15, 0.2) is 5.84 Å². The van der Waals surface area contributed by atoms with Gasteiger partial charge in [0.05, 0.1) is 18.0 Å². The van der Waals surface area contributed by atoms with Crippen LogP contribution in [0.2, 0.25) is 0 Å². The third kappa shape index (κ3) is 2.91. The average Bonchev–Trinajstić information content (AvgIpc) is 2.79. The van der Waals surface area contributed by atoms with Gasteiger partial charge in [0.2, 0.25) is 0 Å². The smallest absolute Gasteiger partial charge is 0.264 e. The molecule has 0 unspecified atom stereocenters. The van der Waals surface area contributed by atoms with Crippen molar-refractivity contribution in [2.24, 2.45) is 17.9 Å². The van der Waals surface area contributed by atoms with Gasteiger partial charge < -0.3 is 10.9 Å². The van der Waals surface area contributed by atoms with Gasteiger partial charge in [-0.25, -0.2) is 12.8 Å². The molecule has 0 bridgehead atoms. The predicted octanol–water partition coefficient (Wildman–Crippen LogP) is -0.151. The van der Waals surface area contributed by atoms with E-state index in [2.05, 4.69) is 20.0 Å². The summed E-state index contributed by atoms with van der Waals surface area (Å²) < 4.78 is 40.8. The number of pyridine rings is 1. The first-order valence-corrected chi connectivity index (χ1v) is 6.96. The molecule has 0 saturated carbocycles. The number of aryl methyl sites for hydroxylation is 1. The van der Waals surface area contributed by atoms with Crippen molar-refractivity contribution in [1.29, 1.82) is 0 Å². The van der Waals surface area contributed by atoms with E-state index in [4.69, 9.17) is 10.9 Å². The van der Waals surface area contributed by atoms with Crippen LogP contribution in [0.5, 0.6) is 0 Å². The molecule has 0 aliphatic carbocycles. The monoisotopic (exact) mass is 314 g/mol. The van der Waals surface area contributed by atoms with Crippen LogP contribution in [0.3, 0.4) is 0 Å². The van der Waals surface area contributed by atoms with Crippen LogP contribution in [0, 0.1) is 5.82 Å². The van der Waals surface area contributed by atoms with Gasteiger partial charge in [-0.15, -0.1) is 0 Å². The largest absolute Gasteiger partial charge is 0.409 e. The minimum atomic E-state index is -4.10. The predicted molar refractivity (Wildman–Crippen MR) is 70.7 cm³/mol. The van der Waals surface area contributed by atoms with Crippen molar-refractivity contribution in [3.05, 3.63) is 36.0 Å². The summed E-state index contributed by atoms with van der Waals surface area (Å²) in [5.41, 5.74) is 5.51. The Labute approximate surface area is 119 Å². The molecule has 9 nitrogen and oxygen atoms in total. The number of rotatable bonds is 4. The van der Waals surface area contributed by atoms with E-state index < -0.39 is 15.8 Å². The van der Waals surface area contributed by atoms with Crippen molar-refractivity contribution in [2.45, 2.75) is 4.90 Å². The van der Waals surface area contributed by atoms with E-state index in [1.807, 2.05) is 0 Å². The summed E-state index contributed by atoms with van der Waals surface area (Å²) in [4.78, 5) is 3.10. The molecular formula is C10H11FN6O3S. The Morgan fingerprint density at radius 1 is 1.48 bits per heavy atom. The van der Waals surface area contributed by atoms with E-state index in [-0.39, 0.29) is 22.1 Å². The Kier molecular flexibility index (Phi) is 3.76. The molecule has 0 spiro atoms. The maximum atomic E-state index is 13.1. The summed E-state index contributed by atoms with van der Waals surface area (Å²) in [6, 6.07) is 0.814. The first-order chi connectivity index (χ1) is 9.85. The van der Waals surface area contributed by atoms with Crippen LogP contribution >= 0.6 is 0 Å². The summed E-state index contributed by atoms with van der Waals surface area (Å²) in [7, 11) is -2.64. The van der Waals surface area contributed by atoms with Crippen LogP contribution in [-0.4, -0.2) is 34.2 Å². The van der Waals surface area contributed by atoms with E-state index >= 15 is 0 Å². The summed E-state index contributed by atoms with van der Waals surface area (Å²) in [6.07, 6.45) is 3.09. The third-order valence-electron chi connectivity index (χ3n) is 2.54. The SMILES string of the molecule is Cn1ncc(C(N)=NO)c1NS(=O)(=O)c1cncc(F)c1. The lowest BCUT2D eigenvalue weighted by molar-refractivity contribution is 0.318. The van der Waals surface area contributed by atoms with Gasteiger partial charge >= 0.3 is 0 Å². The minimum Gasteiger partial charge on any atom is -0.409 e. The van der Waals surface area contributed by atoms with E-state index in [9.17, 15) is 12.8 Å². The van der Waals surface area contributed by atoms with Gasteiger partial charge in [-0.1, -0.05) is 5.16 Å². The van der Waals surface area contributed by atoms with Gasteiger partial charge in [-0.2, -0.15) is 5.10 Å². The Bertz CT molecular complexity index is 801. The number of halogens is 1. The number of aromatic nitrogens is 3. The molecule has 0 aliphatic heterocycles. The van der Waals surface area contributed by atoms with Gasteiger partial charge in [0.25, 0.3) is 10.0 Å². The summed E-state index contributed by atoms with van der Waals surface area (Å²) in [5, 5.41) is 15.3. The van der Waals surface area contributed by atoms with E-state index in [0.29, 0.717) is 0 Å². The molecule has 2 heterocycles. The number of nitrogens with two attached hydrogens (primary N) is 1. The number of nitrogens with one attached hydrogen (secondary N) is 1. The van der Waals surface area contributed by atoms with Crippen molar-refractivity contribution >= 4 is 21.7 Å². The molecule has 0 fully saturated rings. The van der Waals surface area contributed by atoms with Crippen LogP contribution < -0.4 is 10.5 Å². The van der Waals surface area contributed by atoms with Crippen molar-refractivity contribution in [2.75, 3.05) is 4.72 Å². The Morgan fingerprint density at radius 2 is 2.19 bits per heavy atom. The number of amidine groups is 1. The Balaban J connectivity index is 2.45. The molecule has 2 aromatic rings. The van der Waals surface area contributed by atoms with Crippen LogP contribution in [0.4, 0.5) is 10.2 Å². The molecule has 21 heavy (non-hydrogen) atoms. The van der Waals surface area contributed by atoms with Gasteiger partial charge in [-0.05, 0) is 6.07 Å². The number of hydrogen-bond donors (Lipinski definition) is 3. The fourth-order valence-corrected chi connectivity index (χ4v) is 2.61. The number of oxime groups is 1. The zero-order chi connectivity index (χ0) is 15.6. The molecule has 112 valence electrons. The highest BCUT2D eigenvalue weighted by molar-refractivity contribution is 7.92. The molecule has 0 aliphatic rings. The van der Waals surface area contributed by atoms with Gasteiger partial charge in [0, 0.05) is 13.2 Å². The van der Waals surface area contributed by atoms with Crippen LogP contribution in [0.15, 0.2) is 34.7 Å². The molecule has 11 heteroatoms. The maximum Gasteiger partial charge on any atom is 0.264 e. The van der Waals surface area contributed by atoms with Crippen molar-refractivity contribution < 1.29 is 18.0 Å². The molecule has 0 aromatic carbocycles. The van der Waals surface area contributed by atoms with Crippen LogP contribution in [0.1, 0.15) is 5.56 Å². The Morgan fingerprint density at radius 3 is 2.81 bits per heavy atom. The first-order valence-electron chi connectivity index (χ1n) is 5.48. The number of anilines is 1. The third-order valence-corrected chi connectivity index (χ3v) is 3.85. The molecule has 0 atom stereocenters. The fraction of sp³-hybridized carbons (Fsp3) is 0.100. The second kappa shape index (κ2) is 5.36. The van der Waals surface area contributed by atoms with E-state index in [1.165, 1.54) is 17.9 Å². The zero-order valence-electron chi connectivity index (χ0n) is 10.7. The Hall–Kier alpha value is -2.69. The highest BCUT2D eigenvalue weighted by Crippen LogP contribution is 2.19. The van der Waals surface area contributed by atoms with Crippen molar-refractivity contribution in [3.8, 4) is 0 Å². The van der Waals surface area contributed by atoms with Gasteiger partial charge in [0.1, 0.15) is 16.5 Å². The quantitative estimate of drug-likeness (QED) is 0.311. The van der Waals surface area contributed by atoms with E-state index in [1.54, 1.807) is 0 Å². The summed E-state index contributed by atoms with van der Waals surface area (Å²) in [6.45, 7) is 0. The lowest BCUT2D eigenvalue weighted by Gasteiger charge is -2.09. The molecule has 0 radical (unpaired) electrons. The normalized spacial score (nSPS) is 12.4. The number of hydrogen-bond acceptors (Lipinski definition) is 6. The van der Waals surface area contributed by atoms with Crippen molar-refractivity contribution in [1.82, 2.24) is 14.8 Å². The molecular weight excluding hydrogens is 303 g/mol. The van der Waals surface area contributed by atoms with E-state index in [0.717, 1.165) is 18.5 Å². The number of sulfonamides is 1. The summed E-state index contributed by atoms with van der Waals surface area (Å²) in [5.74, 6) is -1.15. The summed E-state index contributed by atoms with van der Waals surface area (Å²) >= 11 is 0. The second-order valence-corrected chi connectivity index (χ2v) is 5.64. The first kappa shape index (κ1) is 14.7. The highest BCUT2D eigenvalue weighted by Gasteiger charge is 2.21. The van der Waals surface area contributed by atoms with Crippen LogP contribution in [-0.2, 0) is 17.1 Å². The molecule has 0 amide bonds. The second-order valence-electron chi connectivity index (χ2n) is 3.96. The molecule has 2 rings (SSSR count). The molecule has 0 saturated heterocycles. The topological polar surface area (TPSA) is 135 Å². The fourth-order valence-electron chi connectivity index (χ4n) is 1.53. The standard InChI is InChI=1S/C10H11FN6O3S/c1-17-10(8(5-14-17)9(12)15-18)16-21(19,20)7-2-6(11)3-13-4-7/h2-5,16,18H,1H3,(H2,12,15). The maximum absolute atomic E-state index is 13.1. The average molecular weight is 314 g/mol. The molecule has 2 aromatic heterocycles. The molecule has 4 N–H and O–H groups in total. The highest BCUT2D eigenvalue weighted by atomic mass is 32.2. The van der Waals surface area contributed by atoms with Gasteiger partial charge in [-0.3, -0.25) is 14.4 Å². The zero-order valence-corrected chi connectivity index (χ0v) is 11.5. The van der Waals surface area contributed by atoms with Crippen LogP contribution in [0.25, 0.3) is 0 Å². The lowest BCUT2D eigenvalue weighted by atomic mass is 10.3. The lowest BCUT2D eigenvalue weighted by Crippen LogP contribution is -2.20. The van der Waals surface area contributed by atoms with Crippen molar-refractivity contribution in [3.63, 3.8) is 0 Å². The minimum absolute atomic E-state index is 0.0328. The number of nitrogens with zero attached hydrogens (tertiary/aromatic N) is 4.